The van der Waals surface area contributed by atoms with Crippen LogP contribution < -0.4 is 5.73 Å². The van der Waals surface area contributed by atoms with E-state index in [1.54, 1.807) is 0 Å². The van der Waals surface area contributed by atoms with Crippen molar-refractivity contribution < 1.29 is 4.79 Å². The van der Waals surface area contributed by atoms with Gasteiger partial charge in [-0.2, -0.15) is 0 Å². The normalized spacial score (nSPS) is 11.3. The molecule has 0 spiro atoms. The molecule has 1 atom stereocenters. The summed E-state index contributed by atoms with van der Waals surface area (Å²) in [7, 11) is 0. The fraction of sp³-hybridized carbons (Fsp3) is 0.421. The van der Waals surface area contributed by atoms with Gasteiger partial charge in [-0.3, -0.25) is 4.79 Å². The molecule has 1 rings (SSSR count). The smallest absolute Gasteiger partial charge is 0.146 e. The minimum atomic E-state index is -0.401. The molecule has 2 N–H and O–H groups in total. The Morgan fingerprint density at radius 2 is 1.67 bits per heavy atom. The first-order valence-electron chi connectivity index (χ1n) is 7.72. The fourth-order valence-corrected chi connectivity index (χ4v) is 1.63. The average Bonchev–Trinajstić information content (AvgIpc) is 2.54. The Morgan fingerprint density at radius 3 is 2.00 bits per heavy atom. The van der Waals surface area contributed by atoms with Gasteiger partial charge < -0.3 is 5.73 Å². The van der Waals surface area contributed by atoms with Crippen LogP contribution in [-0.2, 0) is 11.2 Å². The summed E-state index contributed by atoms with van der Waals surface area (Å²) in [6.07, 6.45) is 4.44. The molecule has 0 fully saturated rings. The van der Waals surface area contributed by atoms with Crippen molar-refractivity contribution in [3.05, 3.63) is 54.1 Å². The Hall–Kier alpha value is -1.67. The zero-order chi connectivity index (χ0) is 16.8. The Morgan fingerprint density at radius 1 is 1.19 bits per heavy atom. The monoisotopic (exact) mass is 289 g/mol. The van der Waals surface area contributed by atoms with E-state index >= 15 is 0 Å². The summed E-state index contributed by atoms with van der Waals surface area (Å²) in [5, 5.41) is 0. The molecule has 0 amide bonds. The number of ketones is 1. The number of rotatable bonds is 5. The molecule has 2 heteroatoms. The number of hydrogen-bond donors (Lipinski definition) is 1. The van der Waals surface area contributed by atoms with Crippen LogP contribution in [0.4, 0.5) is 0 Å². The highest BCUT2D eigenvalue weighted by Crippen LogP contribution is 2.16. The first-order valence-corrected chi connectivity index (χ1v) is 7.72. The Balaban J connectivity index is 0. The summed E-state index contributed by atoms with van der Waals surface area (Å²) < 4.78 is 0. The molecule has 2 nitrogen and oxygen atoms in total. The van der Waals surface area contributed by atoms with E-state index in [1.807, 2.05) is 71.0 Å². The van der Waals surface area contributed by atoms with E-state index in [0.29, 0.717) is 6.42 Å². The summed E-state index contributed by atoms with van der Waals surface area (Å²) in [6, 6.07) is 7.66. The molecule has 0 heterocycles. The summed E-state index contributed by atoms with van der Waals surface area (Å²) in [4.78, 5) is 11.1. The van der Waals surface area contributed by atoms with Gasteiger partial charge in [-0.25, -0.2) is 0 Å². The molecule has 0 aliphatic heterocycles. The van der Waals surface area contributed by atoms with E-state index in [0.717, 1.165) is 16.7 Å². The van der Waals surface area contributed by atoms with Crippen LogP contribution in [0.1, 0.15) is 52.7 Å². The van der Waals surface area contributed by atoms with Crippen LogP contribution in [0.2, 0.25) is 0 Å². The standard InChI is InChI=1S/C15H19NO.2C2H6/c1-4-13(5-2)14-8-6-12(7-9-14)10-15(16)11(3)17;2*1-2/h4-9,15H,1,10,16H2,2-3H3;2*1-2H3/b13-5+;;. The maximum Gasteiger partial charge on any atom is 0.146 e. The third-order valence-corrected chi connectivity index (χ3v) is 2.80. The number of carbonyl (C=O) groups excluding carboxylic acids is 1. The number of hydrogen-bond acceptors (Lipinski definition) is 2. The van der Waals surface area contributed by atoms with Crippen molar-refractivity contribution >= 4 is 11.4 Å². The van der Waals surface area contributed by atoms with Gasteiger partial charge in [0.25, 0.3) is 0 Å². The second-order valence-electron chi connectivity index (χ2n) is 4.07. The van der Waals surface area contributed by atoms with Crippen LogP contribution in [0.25, 0.3) is 5.57 Å². The van der Waals surface area contributed by atoms with Gasteiger partial charge in [0.15, 0.2) is 0 Å². The van der Waals surface area contributed by atoms with E-state index in [4.69, 9.17) is 5.73 Å². The first kappa shape index (κ1) is 21.6. The molecule has 0 radical (unpaired) electrons. The van der Waals surface area contributed by atoms with Gasteiger partial charge in [-0.1, -0.05) is 70.7 Å². The summed E-state index contributed by atoms with van der Waals surface area (Å²) in [5.41, 5.74) is 9.03. The van der Waals surface area contributed by atoms with Crippen LogP contribution in [0, 0.1) is 0 Å². The lowest BCUT2D eigenvalue weighted by Crippen LogP contribution is -2.30. The van der Waals surface area contributed by atoms with Gasteiger partial charge in [-0.05, 0) is 37.0 Å². The van der Waals surface area contributed by atoms with Crippen LogP contribution >= 0.6 is 0 Å². The fourth-order valence-electron chi connectivity index (χ4n) is 1.63. The SMILES string of the molecule is C=C/C(=C\C)c1ccc(CC(N)C(C)=O)cc1.CC.CC. The Labute approximate surface area is 130 Å². The maximum atomic E-state index is 11.1. The van der Waals surface area contributed by atoms with Crippen LogP contribution in [-0.4, -0.2) is 11.8 Å². The van der Waals surface area contributed by atoms with E-state index in [1.165, 1.54) is 6.92 Å². The lowest BCUT2D eigenvalue weighted by molar-refractivity contribution is -0.118. The van der Waals surface area contributed by atoms with Crippen LogP contribution in [0.5, 0.6) is 0 Å². The number of carbonyl (C=O) groups is 1. The highest BCUT2D eigenvalue weighted by atomic mass is 16.1. The van der Waals surface area contributed by atoms with Crippen molar-refractivity contribution in [3.63, 3.8) is 0 Å². The van der Waals surface area contributed by atoms with E-state index < -0.39 is 6.04 Å². The zero-order valence-corrected chi connectivity index (χ0v) is 14.4. The molecule has 118 valence electrons. The number of nitrogens with two attached hydrogens (primary N) is 1. The second-order valence-corrected chi connectivity index (χ2v) is 4.07. The molecule has 1 aromatic carbocycles. The van der Waals surface area contributed by atoms with Crippen molar-refractivity contribution in [3.8, 4) is 0 Å². The third-order valence-electron chi connectivity index (χ3n) is 2.80. The van der Waals surface area contributed by atoms with E-state index in [2.05, 4.69) is 6.58 Å². The van der Waals surface area contributed by atoms with Crippen molar-refractivity contribution in [2.45, 2.75) is 54.0 Å². The Bertz CT molecular complexity index is 429. The van der Waals surface area contributed by atoms with Crippen molar-refractivity contribution in [2.24, 2.45) is 5.73 Å². The predicted octanol–water partition coefficient (Wildman–Crippen LogP) is 4.79. The van der Waals surface area contributed by atoms with Gasteiger partial charge >= 0.3 is 0 Å². The lowest BCUT2D eigenvalue weighted by atomic mass is 10.00. The molecule has 21 heavy (non-hydrogen) atoms. The zero-order valence-electron chi connectivity index (χ0n) is 14.4. The van der Waals surface area contributed by atoms with Gasteiger partial charge in [0, 0.05) is 0 Å². The van der Waals surface area contributed by atoms with Crippen LogP contribution in [0.15, 0.2) is 43.0 Å². The summed E-state index contributed by atoms with van der Waals surface area (Å²) in [5.74, 6) is 0.0225. The topological polar surface area (TPSA) is 43.1 Å². The van der Waals surface area contributed by atoms with Gasteiger partial charge in [0.2, 0.25) is 0 Å². The minimum Gasteiger partial charge on any atom is -0.321 e. The third kappa shape index (κ3) is 8.26. The van der Waals surface area contributed by atoms with E-state index in [-0.39, 0.29) is 5.78 Å². The summed E-state index contributed by atoms with van der Waals surface area (Å²) >= 11 is 0. The molecule has 0 saturated heterocycles. The second kappa shape index (κ2) is 13.3. The molecule has 0 bridgehead atoms. The number of benzene rings is 1. The van der Waals surface area contributed by atoms with Gasteiger partial charge in [0.05, 0.1) is 6.04 Å². The van der Waals surface area contributed by atoms with Crippen molar-refractivity contribution in [1.82, 2.24) is 0 Å². The van der Waals surface area contributed by atoms with Crippen molar-refractivity contribution in [1.29, 1.82) is 0 Å². The van der Waals surface area contributed by atoms with Crippen molar-refractivity contribution in [2.75, 3.05) is 0 Å². The molecule has 0 aliphatic carbocycles. The highest BCUT2D eigenvalue weighted by Gasteiger charge is 2.08. The molecule has 0 aliphatic rings. The average molecular weight is 289 g/mol. The van der Waals surface area contributed by atoms with Crippen LogP contribution in [0.3, 0.4) is 0 Å². The first-order chi connectivity index (χ1) is 10.1. The summed E-state index contributed by atoms with van der Waals surface area (Å²) in [6.45, 7) is 15.3. The quantitative estimate of drug-likeness (QED) is 0.792. The maximum absolute atomic E-state index is 11.1. The molecule has 1 aromatic rings. The number of allylic oxidation sites excluding steroid dienone is 3. The number of Topliss-reactive ketones (excluding diaryl/α,β-unsaturated/α-hetero) is 1. The molecular formula is C19H31NO. The van der Waals surface area contributed by atoms with E-state index in [9.17, 15) is 4.79 Å². The Kier molecular flexibility index (Phi) is 13.7. The molecule has 1 unspecified atom stereocenters. The van der Waals surface area contributed by atoms with Gasteiger partial charge in [-0.15, -0.1) is 0 Å². The highest BCUT2D eigenvalue weighted by molar-refractivity contribution is 5.81. The molecule has 0 aromatic heterocycles. The predicted molar refractivity (Wildman–Crippen MR) is 95.3 cm³/mol. The molecule has 0 saturated carbocycles. The minimum absolute atomic E-state index is 0.0225. The lowest BCUT2D eigenvalue weighted by Gasteiger charge is -2.08. The largest absolute Gasteiger partial charge is 0.321 e. The van der Waals surface area contributed by atoms with Gasteiger partial charge in [0.1, 0.15) is 5.78 Å². The molecular weight excluding hydrogens is 258 g/mol.